The van der Waals surface area contributed by atoms with Crippen LogP contribution in [0.15, 0.2) is 30.3 Å². The molecule has 1 aliphatic heterocycles. The number of hydrogen-bond acceptors (Lipinski definition) is 2. The summed E-state index contributed by atoms with van der Waals surface area (Å²) in [6.45, 7) is 4.94. The highest BCUT2D eigenvalue weighted by Crippen LogP contribution is 2.33. The Balaban J connectivity index is 2.03. The van der Waals surface area contributed by atoms with Crippen molar-refractivity contribution in [2.24, 2.45) is 0 Å². The minimum Gasteiger partial charge on any atom is -0.481 e. The summed E-state index contributed by atoms with van der Waals surface area (Å²) in [5.74, 6) is -0.706. The molecule has 0 amide bonds. The molecule has 1 saturated heterocycles. The molecule has 3 heteroatoms. The third kappa shape index (κ3) is 3.10. The van der Waals surface area contributed by atoms with Gasteiger partial charge in [-0.1, -0.05) is 37.3 Å². The van der Waals surface area contributed by atoms with Gasteiger partial charge in [0, 0.05) is 18.5 Å². The Morgan fingerprint density at radius 1 is 1.39 bits per heavy atom. The van der Waals surface area contributed by atoms with Crippen LogP contribution in [0, 0.1) is 0 Å². The number of benzene rings is 1. The first-order valence-corrected chi connectivity index (χ1v) is 6.60. The summed E-state index contributed by atoms with van der Waals surface area (Å²) in [6.07, 6.45) is 2.57. The first-order chi connectivity index (χ1) is 8.60. The molecule has 3 nitrogen and oxygen atoms in total. The van der Waals surface area contributed by atoms with Crippen LogP contribution in [0.1, 0.15) is 31.7 Å². The van der Waals surface area contributed by atoms with Crippen LogP contribution in [0.5, 0.6) is 0 Å². The molecule has 0 spiro atoms. The van der Waals surface area contributed by atoms with E-state index in [1.54, 1.807) is 0 Å². The summed E-state index contributed by atoms with van der Waals surface area (Å²) in [6, 6.07) is 10.6. The Labute approximate surface area is 108 Å². The van der Waals surface area contributed by atoms with Crippen molar-refractivity contribution in [1.82, 2.24) is 4.90 Å². The minimum atomic E-state index is -0.706. The normalized spacial score (nSPS) is 24.9. The topological polar surface area (TPSA) is 40.5 Å². The fraction of sp³-hybridized carbons (Fsp3) is 0.533. The smallest absolute Gasteiger partial charge is 0.304 e. The largest absolute Gasteiger partial charge is 0.481 e. The van der Waals surface area contributed by atoms with Crippen LogP contribution in [0.3, 0.4) is 0 Å². The van der Waals surface area contributed by atoms with E-state index in [4.69, 9.17) is 5.11 Å². The summed E-state index contributed by atoms with van der Waals surface area (Å²) in [5.41, 5.74) is 1.53. The zero-order valence-corrected chi connectivity index (χ0v) is 10.9. The van der Waals surface area contributed by atoms with E-state index in [1.165, 1.54) is 12.0 Å². The third-order valence-corrected chi connectivity index (χ3v) is 3.89. The van der Waals surface area contributed by atoms with Gasteiger partial charge in [0.25, 0.3) is 0 Å². The van der Waals surface area contributed by atoms with Crippen molar-refractivity contribution in [1.29, 1.82) is 0 Å². The van der Waals surface area contributed by atoms with Crippen molar-refractivity contribution in [2.75, 3.05) is 19.6 Å². The second-order valence-corrected chi connectivity index (χ2v) is 5.45. The molecular formula is C15H21NO2. The van der Waals surface area contributed by atoms with E-state index in [-0.39, 0.29) is 11.8 Å². The summed E-state index contributed by atoms with van der Waals surface area (Å²) >= 11 is 0. The highest BCUT2D eigenvalue weighted by Gasteiger charge is 2.32. The van der Waals surface area contributed by atoms with Crippen molar-refractivity contribution in [3.8, 4) is 0 Å². The molecule has 1 fully saturated rings. The number of likely N-dealkylation sites (tertiary alicyclic amines) is 1. The van der Waals surface area contributed by atoms with Gasteiger partial charge < -0.3 is 10.0 Å². The van der Waals surface area contributed by atoms with Gasteiger partial charge in [0.2, 0.25) is 0 Å². The number of nitrogens with zero attached hydrogens (tertiary/aromatic N) is 1. The van der Waals surface area contributed by atoms with Crippen LogP contribution in [0.2, 0.25) is 0 Å². The first-order valence-electron chi connectivity index (χ1n) is 6.60. The molecule has 0 radical (unpaired) electrons. The highest BCUT2D eigenvalue weighted by molar-refractivity contribution is 5.66. The maximum Gasteiger partial charge on any atom is 0.304 e. The van der Waals surface area contributed by atoms with E-state index in [1.807, 2.05) is 6.07 Å². The number of carboxylic acid groups (broad SMARTS) is 1. The summed E-state index contributed by atoms with van der Waals surface area (Å²) in [5, 5.41) is 8.76. The van der Waals surface area contributed by atoms with Crippen LogP contribution < -0.4 is 0 Å². The quantitative estimate of drug-likeness (QED) is 0.888. The maximum absolute atomic E-state index is 10.6. The lowest BCUT2D eigenvalue weighted by Gasteiger charge is -2.40. The van der Waals surface area contributed by atoms with Crippen molar-refractivity contribution in [3.05, 3.63) is 35.9 Å². The molecule has 1 aromatic carbocycles. The average molecular weight is 247 g/mol. The van der Waals surface area contributed by atoms with Gasteiger partial charge in [0.05, 0.1) is 6.42 Å². The lowest BCUT2D eigenvalue weighted by Crippen LogP contribution is -2.44. The maximum atomic E-state index is 10.6. The Hall–Kier alpha value is -1.35. The van der Waals surface area contributed by atoms with Crippen LogP contribution >= 0.6 is 0 Å². The number of rotatable bonds is 4. The minimum absolute atomic E-state index is 0.165. The van der Waals surface area contributed by atoms with Crippen molar-refractivity contribution in [3.63, 3.8) is 0 Å². The monoisotopic (exact) mass is 247 g/mol. The molecule has 1 N–H and O–H groups in total. The first kappa shape index (κ1) is 13.1. The number of hydrogen-bond donors (Lipinski definition) is 1. The highest BCUT2D eigenvalue weighted by atomic mass is 16.4. The van der Waals surface area contributed by atoms with E-state index in [0.717, 1.165) is 19.5 Å². The fourth-order valence-electron chi connectivity index (χ4n) is 2.87. The molecule has 2 rings (SSSR count). The van der Waals surface area contributed by atoms with Gasteiger partial charge >= 0.3 is 5.97 Å². The molecule has 0 aliphatic carbocycles. The number of carbonyl (C=O) groups is 1. The molecule has 0 bridgehead atoms. The zero-order valence-electron chi connectivity index (χ0n) is 10.9. The Morgan fingerprint density at radius 2 is 2.11 bits per heavy atom. The van der Waals surface area contributed by atoms with Gasteiger partial charge in [-0.3, -0.25) is 4.79 Å². The van der Waals surface area contributed by atoms with E-state index in [9.17, 15) is 4.79 Å². The molecule has 0 aromatic heterocycles. The number of carboxylic acids is 1. The van der Waals surface area contributed by atoms with Gasteiger partial charge in [-0.2, -0.15) is 0 Å². The lowest BCUT2D eigenvalue weighted by molar-refractivity contribution is -0.137. The van der Waals surface area contributed by atoms with E-state index < -0.39 is 5.97 Å². The van der Waals surface area contributed by atoms with Crippen molar-refractivity contribution >= 4 is 5.97 Å². The molecular weight excluding hydrogens is 226 g/mol. The number of aliphatic carboxylic acids is 1. The second-order valence-electron chi connectivity index (χ2n) is 5.45. The van der Waals surface area contributed by atoms with Gasteiger partial charge in [-0.15, -0.1) is 0 Å². The third-order valence-electron chi connectivity index (χ3n) is 3.89. The zero-order chi connectivity index (χ0) is 13.0. The van der Waals surface area contributed by atoms with E-state index in [0.29, 0.717) is 6.54 Å². The molecule has 1 heterocycles. The summed E-state index contributed by atoms with van der Waals surface area (Å²) < 4.78 is 0. The predicted molar refractivity (Wildman–Crippen MR) is 71.7 cm³/mol. The molecule has 0 unspecified atom stereocenters. The van der Waals surface area contributed by atoms with Gasteiger partial charge in [-0.25, -0.2) is 0 Å². The second kappa shape index (κ2) is 5.53. The SMILES string of the molecule is C[C@@]1(c2ccccc2)CCCN(CCC(=O)O)C1. The lowest BCUT2D eigenvalue weighted by atomic mass is 9.76. The van der Waals surface area contributed by atoms with Crippen LogP contribution in [-0.4, -0.2) is 35.6 Å². The molecule has 1 aliphatic rings. The van der Waals surface area contributed by atoms with E-state index >= 15 is 0 Å². The predicted octanol–water partition coefficient (Wildman–Crippen LogP) is 2.51. The Kier molecular flexibility index (Phi) is 4.02. The molecule has 98 valence electrons. The van der Waals surface area contributed by atoms with Crippen molar-refractivity contribution in [2.45, 2.75) is 31.6 Å². The number of piperidine rings is 1. The van der Waals surface area contributed by atoms with Gasteiger partial charge in [-0.05, 0) is 24.9 Å². The van der Waals surface area contributed by atoms with Gasteiger partial charge in [0.15, 0.2) is 0 Å². The van der Waals surface area contributed by atoms with E-state index in [2.05, 4.69) is 36.1 Å². The Bertz CT molecular complexity index is 404. The molecule has 0 saturated carbocycles. The summed E-state index contributed by atoms with van der Waals surface area (Å²) in [7, 11) is 0. The summed E-state index contributed by atoms with van der Waals surface area (Å²) in [4.78, 5) is 12.9. The van der Waals surface area contributed by atoms with Crippen molar-refractivity contribution < 1.29 is 9.90 Å². The molecule has 1 aromatic rings. The molecule has 1 atom stereocenters. The van der Waals surface area contributed by atoms with Crippen LogP contribution in [0.4, 0.5) is 0 Å². The molecule has 18 heavy (non-hydrogen) atoms. The van der Waals surface area contributed by atoms with Crippen LogP contribution in [0.25, 0.3) is 0 Å². The average Bonchev–Trinajstić information content (AvgIpc) is 2.38. The Morgan fingerprint density at radius 3 is 2.78 bits per heavy atom. The fourth-order valence-corrected chi connectivity index (χ4v) is 2.87. The van der Waals surface area contributed by atoms with Crippen LogP contribution in [-0.2, 0) is 10.2 Å². The van der Waals surface area contributed by atoms with Gasteiger partial charge in [0.1, 0.15) is 0 Å². The standard InChI is InChI=1S/C15H21NO2/c1-15(13-6-3-2-4-7-13)9-5-10-16(12-15)11-8-14(17)18/h2-4,6-7H,5,8-12H2,1H3,(H,17,18)/t15-/m1/s1.